The Bertz CT molecular complexity index is 517. The molecule has 108 valence electrons. The van der Waals surface area contributed by atoms with Gasteiger partial charge in [-0.15, -0.1) is 11.3 Å². The lowest BCUT2D eigenvalue weighted by molar-refractivity contribution is 0.555. The van der Waals surface area contributed by atoms with Gasteiger partial charge in [-0.2, -0.15) is 0 Å². The van der Waals surface area contributed by atoms with Gasteiger partial charge in [0.1, 0.15) is 0 Å². The average molecular weight is 288 g/mol. The molecule has 1 N–H and O–H groups in total. The molecule has 0 radical (unpaired) electrons. The first-order valence-electron chi connectivity index (χ1n) is 7.45. The molecule has 3 heteroatoms. The van der Waals surface area contributed by atoms with Crippen LogP contribution in [0.15, 0.2) is 30.3 Å². The topological polar surface area (TPSA) is 24.9 Å². The smallest absolute Gasteiger partial charge is 0.0932 e. The highest BCUT2D eigenvalue weighted by Gasteiger charge is 2.11. The summed E-state index contributed by atoms with van der Waals surface area (Å²) in [6.45, 7) is 8.77. The number of hydrogen-bond donors (Lipinski definition) is 1. The van der Waals surface area contributed by atoms with Crippen molar-refractivity contribution in [3.63, 3.8) is 0 Å². The lowest BCUT2D eigenvalue weighted by Gasteiger charge is -2.07. The molecule has 0 saturated heterocycles. The third kappa shape index (κ3) is 4.15. The van der Waals surface area contributed by atoms with Crippen LogP contribution < -0.4 is 5.32 Å². The van der Waals surface area contributed by atoms with Gasteiger partial charge in [0.05, 0.1) is 10.7 Å². The van der Waals surface area contributed by atoms with Gasteiger partial charge >= 0.3 is 0 Å². The second-order valence-electron chi connectivity index (χ2n) is 5.45. The number of nitrogens with zero attached hydrogens (tertiary/aromatic N) is 1. The molecule has 0 saturated carbocycles. The van der Waals surface area contributed by atoms with Gasteiger partial charge in [0, 0.05) is 17.0 Å². The Kier molecular flexibility index (Phi) is 5.74. The van der Waals surface area contributed by atoms with Gasteiger partial charge in [-0.05, 0) is 25.3 Å². The number of benzene rings is 1. The molecule has 0 spiro atoms. The zero-order valence-electron chi connectivity index (χ0n) is 12.6. The predicted molar refractivity (Wildman–Crippen MR) is 88.3 cm³/mol. The van der Waals surface area contributed by atoms with Crippen LogP contribution in [0.4, 0.5) is 0 Å². The van der Waals surface area contributed by atoms with Crippen molar-refractivity contribution in [1.29, 1.82) is 0 Å². The van der Waals surface area contributed by atoms with E-state index in [1.54, 1.807) is 0 Å². The summed E-state index contributed by atoms with van der Waals surface area (Å²) in [7, 11) is 0. The molecule has 0 aliphatic carbocycles. The van der Waals surface area contributed by atoms with Crippen LogP contribution in [-0.2, 0) is 12.8 Å². The Balaban J connectivity index is 2.09. The standard InChI is InChI=1S/C17H24N2S/c1-4-16-19-17(14-8-6-5-7-9-14)15(20-16)10-11-18-12-13(2)3/h5-9,13,18H,4,10-12H2,1-3H3. The van der Waals surface area contributed by atoms with Crippen LogP contribution in [0.25, 0.3) is 11.3 Å². The third-order valence-electron chi connectivity index (χ3n) is 3.17. The third-order valence-corrected chi connectivity index (χ3v) is 4.43. The van der Waals surface area contributed by atoms with E-state index in [9.17, 15) is 0 Å². The van der Waals surface area contributed by atoms with E-state index in [0.29, 0.717) is 5.92 Å². The van der Waals surface area contributed by atoms with Gasteiger partial charge in [0.15, 0.2) is 0 Å². The van der Waals surface area contributed by atoms with Crippen LogP contribution in [0.3, 0.4) is 0 Å². The summed E-state index contributed by atoms with van der Waals surface area (Å²) in [6, 6.07) is 10.5. The molecular weight excluding hydrogens is 264 g/mol. The zero-order chi connectivity index (χ0) is 14.4. The first-order valence-corrected chi connectivity index (χ1v) is 8.27. The molecule has 20 heavy (non-hydrogen) atoms. The lowest BCUT2D eigenvalue weighted by Crippen LogP contribution is -2.22. The maximum atomic E-state index is 4.80. The SMILES string of the molecule is CCc1nc(-c2ccccc2)c(CCNCC(C)C)s1. The fourth-order valence-electron chi connectivity index (χ4n) is 2.14. The summed E-state index contributed by atoms with van der Waals surface area (Å²) >= 11 is 1.86. The molecule has 0 bridgehead atoms. The van der Waals surface area contributed by atoms with Gasteiger partial charge in [0.2, 0.25) is 0 Å². The van der Waals surface area contributed by atoms with Gasteiger partial charge in [-0.25, -0.2) is 4.98 Å². The Morgan fingerprint density at radius 2 is 1.95 bits per heavy atom. The summed E-state index contributed by atoms with van der Waals surface area (Å²) in [5, 5.41) is 4.76. The molecule has 0 aliphatic rings. The van der Waals surface area contributed by atoms with Crippen LogP contribution >= 0.6 is 11.3 Å². The van der Waals surface area contributed by atoms with Crippen LogP contribution in [-0.4, -0.2) is 18.1 Å². The molecule has 2 rings (SSSR count). The van der Waals surface area contributed by atoms with E-state index >= 15 is 0 Å². The molecule has 0 amide bonds. The molecule has 1 heterocycles. The highest BCUT2D eigenvalue weighted by atomic mass is 32.1. The second-order valence-corrected chi connectivity index (χ2v) is 6.62. The first kappa shape index (κ1) is 15.2. The summed E-state index contributed by atoms with van der Waals surface area (Å²) in [5.41, 5.74) is 2.42. The van der Waals surface area contributed by atoms with E-state index in [1.165, 1.54) is 21.1 Å². The van der Waals surface area contributed by atoms with Crippen LogP contribution in [0.2, 0.25) is 0 Å². The fraction of sp³-hybridized carbons (Fsp3) is 0.471. The monoisotopic (exact) mass is 288 g/mol. The van der Waals surface area contributed by atoms with Crippen molar-refractivity contribution in [3.8, 4) is 11.3 Å². The van der Waals surface area contributed by atoms with Crippen molar-refractivity contribution in [3.05, 3.63) is 40.2 Å². The average Bonchev–Trinajstić information content (AvgIpc) is 2.88. The summed E-state index contributed by atoms with van der Waals surface area (Å²) in [4.78, 5) is 6.21. The fourth-order valence-corrected chi connectivity index (χ4v) is 3.17. The van der Waals surface area contributed by atoms with Crippen molar-refractivity contribution >= 4 is 11.3 Å². The lowest BCUT2D eigenvalue weighted by atomic mass is 10.1. The van der Waals surface area contributed by atoms with E-state index in [-0.39, 0.29) is 0 Å². The maximum absolute atomic E-state index is 4.80. The second kappa shape index (κ2) is 7.55. The summed E-state index contributed by atoms with van der Waals surface area (Å²) in [6.07, 6.45) is 2.08. The minimum atomic E-state index is 0.705. The van der Waals surface area contributed by atoms with Gasteiger partial charge in [0.25, 0.3) is 0 Å². The van der Waals surface area contributed by atoms with Crippen molar-refractivity contribution in [1.82, 2.24) is 10.3 Å². The Hall–Kier alpha value is -1.19. The van der Waals surface area contributed by atoms with Crippen molar-refractivity contribution < 1.29 is 0 Å². The van der Waals surface area contributed by atoms with Gasteiger partial charge in [-0.3, -0.25) is 0 Å². The largest absolute Gasteiger partial charge is 0.316 e. The van der Waals surface area contributed by atoms with Crippen LogP contribution in [0, 0.1) is 5.92 Å². The summed E-state index contributed by atoms with van der Waals surface area (Å²) in [5.74, 6) is 0.705. The molecule has 0 atom stereocenters. The maximum Gasteiger partial charge on any atom is 0.0932 e. The minimum absolute atomic E-state index is 0.705. The quantitative estimate of drug-likeness (QED) is 0.774. The first-order chi connectivity index (χ1) is 9.70. The highest BCUT2D eigenvalue weighted by molar-refractivity contribution is 7.12. The number of thiazole rings is 1. The number of hydrogen-bond acceptors (Lipinski definition) is 3. The van der Waals surface area contributed by atoms with Crippen molar-refractivity contribution in [2.75, 3.05) is 13.1 Å². The number of aromatic nitrogens is 1. The zero-order valence-corrected chi connectivity index (χ0v) is 13.5. The van der Waals surface area contributed by atoms with E-state index in [0.717, 1.165) is 25.9 Å². The molecule has 1 aromatic carbocycles. The van der Waals surface area contributed by atoms with E-state index in [2.05, 4.69) is 56.4 Å². The van der Waals surface area contributed by atoms with Crippen molar-refractivity contribution in [2.24, 2.45) is 5.92 Å². The number of aryl methyl sites for hydroxylation is 1. The Morgan fingerprint density at radius 1 is 1.20 bits per heavy atom. The molecule has 0 aliphatic heterocycles. The van der Waals surface area contributed by atoms with E-state index in [1.807, 2.05) is 11.3 Å². The Morgan fingerprint density at radius 3 is 2.60 bits per heavy atom. The minimum Gasteiger partial charge on any atom is -0.316 e. The molecule has 0 unspecified atom stereocenters. The van der Waals surface area contributed by atoms with Gasteiger partial charge < -0.3 is 5.32 Å². The predicted octanol–water partition coefficient (Wildman–Crippen LogP) is 4.16. The summed E-state index contributed by atoms with van der Waals surface area (Å²) < 4.78 is 0. The van der Waals surface area contributed by atoms with Crippen LogP contribution in [0.5, 0.6) is 0 Å². The molecule has 1 aromatic heterocycles. The normalized spacial score (nSPS) is 11.2. The molecule has 2 nitrogen and oxygen atoms in total. The van der Waals surface area contributed by atoms with Crippen molar-refractivity contribution in [2.45, 2.75) is 33.6 Å². The molecule has 2 aromatic rings. The van der Waals surface area contributed by atoms with Crippen LogP contribution in [0.1, 0.15) is 30.7 Å². The molecular formula is C17H24N2S. The highest BCUT2D eigenvalue weighted by Crippen LogP contribution is 2.28. The van der Waals surface area contributed by atoms with E-state index in [4.69, 9.17) is 4.98 Å². The Labute approximate surface area is 126 Å². The number of rotatable bonds is 7. The van der Waals surface area contributed by atoms with Gasteiger partial charge in [-0.1, -0.05) is 51.1 Å². The molecule has 0 fully saturated rings. The number of nitrogens with one attached hydrogen (secondary N) is 1. The van der Waals surface area contributed by atoms with E-state index < -0.39 is 0 Å².